The number of carbonyl (C=O) groups excluding carboxylic acids is 1. The summed E-state index contributed by atoms with van der Waals surface area (Å²) in [5.41, 5.74) is 0.792. The molecular formula is C26H28ClNO5. The van der Waals surface area contributed by atoms with Crippen LogP contribution in [0.25, 0.3) is 11.5 Å². The first kappa shape index (κ1) is 24.5. The Balaban J connectivity index is 1.64. The number of hydrogen-bond acceptors (Lipinski definition) is 5. The van der Waals surface area contributed by atoms with Gasteiger partial charge in [0.05, 0.1) is 16.3 Å². The third-order valence-corrected chi connectivity index (χ3v) is 5.57. The Labute approximate surface area is 198 Å². The molecule has 0 aliphatic rings. The molecule has 6 nitrogen and oxygen atoms in total. The van der Waals surface area contributed by atoms with Gasteiger partial charge in [-0.25, -0.2) is 9.78 Å². The van der Waals surface area contributed by atoms with Crippen molar-refractivity contribution in [2.45, 2.75) is 58.5 Å². The number of aromatic nitrogens is 1. The number of aliphatic carboxylic acids is 1. The highest BCUT2D eigenvalue weighted by atomic mass is 35.5. The van der Waals surface area contributed by atoms with Gasteiger partial charge in [-0.05, 0) is 63.1 Å². The van der Waals surface area contributed by atoms with Crippen LogP contribution in [0.2, 0.25) is 5.02 Å². The summed E-state index contributed by atoms with van der Waals surface area (Å²) in [4.78, 5) is 28.5. The first-order chi connectivity index (χ1) is 15.6. The maximum absolute atomic E-state index is 12.6. The first-order valence-electron chi connectivity index (χ1n) is 10.9. The van der Waals surface area contributed by atoms with Crippen molar-refractivity contribution in [2.75, 3.05) is 0 Å². The van der Waals surface area contributed by atoms with Crippen molar-refractivity contribution < 1.29 is 23.8 Å². The summed E-state index contributed by atoms with van der Waals surface area (Å²) in [6.45, 7) is 7.03. The standard InChI is InChI=1S/C26H28ClNO5/c1-16(2)23-21(28-24(32-23)19-8-5-6-9-20(19)27)10-7-11-22(29)17-12-14-18(15-13-17)33-26(3,4)25(30)31/h5-6,8-9,12-16H,7,10-11H2,1-4H3,(H,30,31). The molecule has 0 saturated carbocycles. The van der Waals surface area contributed by atoms with Crippen LogP contribution in [0.5, 0.6) is 5.75 Å². The zero-order chi connectivity index (χ0) is 24.2. The van der Waals surface area contributed by atoms with Crippen LogP contribution >= 0.6 is 11.6 Å². The average Bonchev–Trinajstić information content (AvgIpc) is 3.18. The van der Waals surface area contributed by atoms with Gasteiger partial charge in [0.25, 0.3) is 0 Å². The Kier molecular flexibility index (Phi) is 7.59. The maximum Gasteiger partial charge on any atom is 0.347 e. The van der Waals surface area contributed by atoms with Gasteiger partial charge in [0.15, 0.2) is 11.4 Å². The van der Waals surface area contributed by atoms with E-state index in [1.807, 2.05) is 32.0 Å². The highest BCUT2D eigenvalue weighted by molar-refractivity contribution is 6.33. The summed E-state index contributed by atoms with van der Waals surface area (Å²) in [5.74, 6) is 0.789. The molecule has 1 aromatic heterocycles. The van der Waals surface area contributed by atoms with Crippen LogP contribution in [-0.2, 0) is 11.2 Å². The van der Waals surface area contributed by atoms with Crippen LogP contribution < -0.4 is 4.74 Å². The van der Waals surface area contributed by atoms with E-state index in [0.29, 0.717) is 41.5 Å². The molecular weight excluding hydrogens is 442 g/mol. The average molecular weight is 470 g/mol. The lowest BCUT2D eigenvalue weighted by molar-refractivity contribution is -0.152. The summed E-state index contributed by atoms with van der Waals surface area (Å²) in [6, 6.07) is 13.9. The molecule has 3 aromatic rings. The number of carboxylic acid groups (broad SMARTS) is 1. The Bertz CT molecular complexity index is 1130. The van der Waals surface area contributed by atoms with Crippen molar-refractivity contribution >= 4 is 23.4 Å². The zero-order valence-electron chi connectivity index (χ0n) is 19.2. The van der Waals surface area contributed by atoms with Gasteiger partial charge < -0.3 is 14.3 Å². The topological polar surface area (TPSA) is 89.6 Å². The number of carboxylic acids is 1. The molecule has 3 rings (SSSR count). The van der Waals surface area contributed by atoms with Gasteiger partial charge in [-0.2, -0.15) is 0 Å². The van der Waals surface area contributed by atoms with Gasteiger partial charge >= 0.3 is 5.97 Å². The molecule has 0 atom stereocenters. The number of benzene rings is 2. The summed E-state index contributed by atoms with van der Waals surface area (Å²) >= 11 is 6.29. The summed E-state index contributed by atoms with van der Waals surface area (Å²) in [7, 11) is 0. The number of nitrogens with zero attached hydrogens (tertiary/aromatic N) is 1. The Morgan fingerprint density at radius 1 is 1.12 bits per heavy atom. The number of carbonyl (C=O) groups is 2. The second-order valence-corrected chi connectivity index (χ2v) is 9.09. The minimum atomic E-state index is -1.35. The predicted molar refractivity (Wildman–Crippen MR) is 127 cm³/mol. The minimum Gasteiger partial charge on any atom is -0.478 e. The number of ether oxygens (including phenoxy) is 1. The van der Waals surface area contributed by atoms with Crippen LogP contribution in [0, 0.1) is 0 Å². The number of halogens is 1. The maximum atomic E-state index is 12.6. The van der Waals surface area contributed by atoms with E-state index in [1.165, 1.54) is 13.8 Å². The van der Waals surface area contributed by atoms with Crippen LogP contribution in [0.15, 0.2) is 52.9 Å². The van der Waals surface area contributed by atoms with E-state index in [2.05, 4.69) is 4.98 Å². The number of rotatable bonds is 10. The van der Waals surface area contributed by atoms with Crippen molar-refractivity contribution in [3.05, 3.63) is 70.6 Å². The second kappa shape index (κ2) is 10.2. The molecule has 0 aliphatic heterocycles. The third-order valence-electron chi connectivity index (χ3n) is 5.24. The number of hydrogen-bond donors (Lipinski definition) is 1. The molecule has 174 valence electrons. The zero-order valence-corrected chi connectivity index (χ0v) is 20.0. The second-order valence-electron chi connectivity index (χ2n) is 8.68. The third kappa shape index (κ3) is 6.02. The number of Topliss-reactive ketones (excluding diaryl/α,β-unsaturated/α-hetero) is 1. The minimum absolute atomic E-state index is 0.0000334. The molecule has 2 aromatic carbocycles. The molecule has 0 radical (unpaired) electrons. The predicted octanol–water partition coefficient (Wildman–Crippen LogP) is 6.57. The van der Waals surface area contributed by atoms with Crippen molar-refractivity contribution in [1.82, 2.24) is 4.98 Å². The molecule has 0 spiro atoms. The Hall–Kier alpha value is -3.12. The van der Waals surface area contributed by atoms with E-state index in [9.17, 15) is 14.7 Å². The largest absolute Gasteiger partial charge is 0.478 e. The van der Waals surface area contributed by atoms with E-state index in [4.69, 9.17) is 20.8 Å². The molecule has 0 bridgehead atoms. The first-order valence-corrected chi connectivity index (χ1v) is 11.3. The molecule has 0 amide bonds. The fraction of sp³-hybridized carbons (Fsp3) is 0.346. The molecule has 0 saturated heterocycles. The van der Waals surface area contributed by atoms with Crippen molar-refractivity contribution in [1.29, 1.82) is 0 Å². The van der Waals surface area contributed by atoms with Gasteiger partial charge in [-0.15, -0.1) is 0 Å². The fourth-order valence-corrected chi connectivity index (χ4v) is 3.57. The summed E-state index contributed by atoms with van der Waals surface area (Å²) in [6.07, 6.45) is 1.59. The Morgan fingerprint density at radius 2 is 1.79 bits per heavy atom. The van der Waals surface area contributed by atoms with E-state index in [1.54, 1.807) is 30.3 Å². The number of aryl methyl sites for hydroxylation is 1. The number of oxazole rings is 1. The molecule has 0 fully saturated rings. The smallest absolute Gasteiger partial charge is 0.347 e. The SMILES string of the molecule is CC(C)c1oc(-c2ccccc2Cl)nc1CCCC(=O)c1ccc(OC(C)(C)C(=O)O)cc1. The lowest BCUT2D eigenvalue weighted by atomic mass is 10.0. The van der Waals surface area contributed by atoms with E-state index in [0.717, 1.165) is 17.0 Å². The van der Waals surface area contributed by atoms with Crippen molar-refractivity contribution in [2.24, 2.45) is 0 Å². The van der Waals surface area contributed by atoms with Crippen molar-refractivity contribution in [3.63, 3.8) is 0 Å². The van der Waals surface area contributed by atoms with Crippen LogP contribution in [0.4, 0.5) is 0 Å². The van der Waals surface area contributed by atoms with Gasteiger partial charge in [-0.3, -0.25) is 4.79 Å². The summed E-state index contributed by atoms with van der Waals surface area (Å²) < 4.78 is 11.5. The number of ketones is 1. The lowest BCUT2D eigenvalue weighted by Crippen LogP contribution is -2.37. The van der Waals surface area contributed by atoms with Gasteiger partial charge in [-0.1, -0.05) is 37.6 Å². The van der Waals surface area contributed by atoms with E-state index < -0.39 is 11.6 Å². The Morgan fingerprint density at radius 3 is 2.39 bits per heavy atom. The highest BCUT2D eigenvalue weighted by Crippen LogP contribution is 2.32. The van der Waals surface area contributed by atoms with E-state index in [-0.39, 0.29) is 11.7 Å². The molecule has 1 N–H and O–H groups in total. The summed E-state index contributed by atoms with van der Waals surface area (Å²) in [5, 5.41) is 9.75. The molecule has 0 aliphatic carbocycles. The molecule has 0 unspecified atom stereocenters. The highest BCUT2D eigenvalue weighted by Gasteiger charge is 2.29. The van der Waals surface area contributed by atoms with E-state index >= 15 is 0 Å². The van der Waals surface area contributed by atoms with Crippen LogP contribution in [0.3, 0.4) is 0 Å². The fourth-order valence-electron chi connectivity index (χ4n) is 3.35. The molecule has 7 heteroatoms. The van der Waals surface area contributed by atoms with Crippen LogP contribution in [0.1, 0.15) is 68.3 Å². The monoisotopic (exact) mass is 469 g/mol. The van der Waals surface area contributed by atoms with Gasteiger partial charge in [0, 0.05) is 17.9 Å². The van der Waals surface area contributed by atoms with Gasteiger partial charge in [0.2, 0.25) is 5.89 Å². The van der Waals surface area contributed by atoms with Gasteiger partial charge in [0.1, 0.15) is 11.5 Å². The quantitative estimate of drug-likeness (QED) is 0.338. The molecule has 1 heterocycles. The van der Waals surface area contributed by atoms with Crippen LogP contribution in [-0.4, -0.2) is 27.4 Å². The lowest BCUT2D eigenvalue weighted by Gasteiger charge is -2.21. The van der Waals surface area contributed by atoms with Crippen molar-refractivity contribution in [3.8, 4) is 17.2 Å². The molecule has 33 heavy (non-hydrogen) atoms. The normalized spacial score (nSPS) is 11.6.